The molecule has 2 aromatic rings. The van der Waals surface area contributed by atoms with Gasteiger partial charge in [0.15, 0.2) is 5.78 Å². The largest absolute Gasteiger partial charge is 0.508 e. The minimum Gasteiger partial charge on any atom is -0.508 e. The number of nitrogens with one attached hydrogen (secondary N) is 1. The molecule has 27 heavy (non-hydrogen) atoms. The molecule has 0 fully saturated rings. The van der Waals surface area contributed by atoms with Crippen LogP contribution in [0.4, 0.5) is 0 Å². The molecule has 0 aliphatic rings. The molecule has 5 N–H and O–H groups in total. The van der Waals surface area contributed by atoms with Crippen LogP contribution in [0.5, 0.6) is 5.75 Å². The summed E-state index contributed by atoms with van der Waals surface area (Å²) in [4.78, 5) is 23.7. The maximum absolute atomic E-state index is 12.7. The van der Waals surface area contributed by atoms with E-state index in [2.05, 4.69) is 5.32 Å². The van der Waals surface area contributed by atoms with Gasteiger partial charge in [0.05, 0.1) is 6.04 Å². The first-order chi connectivity index (χ1) is 12.9. The van der Waals surface area contributed by atoms with Crippen molar-refractivity contribution in [3.63, 3.8) is 0 Å². The van der Waals surface area contributed by atoms with Crippen molar-refractivity contribution in [1.82, 2.24) is 5.32 Å². The molecule has 0 amide bonds. The summed E-state index contributed by atoms with van der Waals surface area (Å²) in [5.41, 5.74) is 7.49. The van der Waals surface area contributed by atoms with E-state index >= 15 is 0 Å². The molecule has 0 saturated carbocycles. The predicted molar refractivity (Wildman–Crippen MR) is 103 cm³/mol. The summed E-state index contributed by atoms with van der Waals surface area (Å²) < 4.78 is 0. The van der Waals surface area contributed by atoms with Gasteiger partial charge in [-0.25, -0.2) is 0 Å². The molecular weight excluding hydrogens is 344 g/mol. The number of phenols is 1. The summed E-state index contributed by atoms with van der Waals surface area (Å²) in [5.74, 6) is -1.26. The van der Waals surface area contributed by atoms with Gasteiger partial charge in [-0.15, -0.1) is 0 Å². The zero-order chi connectivity index (χ0) is 19.8. The van der Waals surface area contributed by atoms with Gasteiger partial charge in [0, 0.05) is 12.5 Å². The van der Waals surface area contributed by atoms with E-state index in [1.807, 2.05) is 43.3 Å². The third-order valence-corrected chi connectivity index (χ3v) is 4.51. The summed E-state index contributed by atoms with van der Waals surface area (Å²) in [5, 5.41) is 21.9. The number of hydrogen-bond acceptors (Lipinski definition) is 5. The van der Waals surface area contributed by atoms with Crippen LogP contribution in [-0.4, -0.2) is 34.0 Å². The Kier molecular flexibility index (Phi) is 7.52. The Labute approximate surface area is 159 Å². The van der Waals surface area contributed by atoms with Crippen LogP contribution in [0, 0.1) is 0 Å². The van der Waals surface area contributed by atoms with Gasteiger partial charge in [0.2, 0.25) is 0 Å². The topological polar surface area (TPSA) is 113 Å². The van der Waals surface area contributed by atoms with Crippen LogP contribution in [-0.2, 0) is 16.0 Å². The van der Waals surface area contributed by atoms with E-state index in [9.17, 15) is 14.7 Å². The first-order valence-corrected chi connectivity index (χ1v) is 8.97. The quantitative estimate of drug-likeness (QED) is 0.511. The highest BCUT2D eigenvalue weighted by Crippen LogP contribution is 2.20. The third-order valence-electron chi connectivity index (χ3n) is 4.51. The van der Waals surface area contributed by atoms with Crippen LogP contribution in [0.1, 0.15) is 36.9 Å². The number of carboxylic acids is 1. The van der Waals surface area contributed by atoms with E-state index in [0.29, 0.717) is 12.8 Å². The number of Topliss-reactive ketones (excluding diaryl/α,β-unsaturated/α-hetero) is 1. The molecule has 2 rings (SSSR count). The van der Waals surface area contributed by atoms with Crippen molar-refractivity contribution in [1.29, 1.82) is 0 Å². The number of aromatic hydroxyl groups is 1. The lowest BCUT2D eigenvalue weighted by molar-refractivity contribution is -0.140. The average Bonchev–Trinajstić information content (AvgIpc) is 2.65. The lowest BCUT2D eigenvalue weighted by atomic mass is 9.96. The number of nitrogens with two attached hydrogens (primary N) is 1. The summed E-state index contributed by atoms with van der Waals surface area (Å²) in [6, 6.07) is 14.7. The van der Waals surface area contributed by atoms with Gasteiger partial charge in [-0.05, 0) is 43.0 Å². The lowest BCUT2D eigenvalue weighted by Crippen LogP contribution is -2.43. The van der Waals surface area contributed by atoms with E-state index in [4.69, 9.17) is 10.8 Å². The third kappa shape index (κ3) is 6.51. The fourth-order valence-corrected chi connectivity index (χ4v) is 2.93. The summed E-state index contributed by atoms with van der Waals surface area (Å²) in [6.07, 6.45) is 0.978. The van der Waals surface area contributed by atoms with Gasteiger partial charge in [-0.2, -0.15) is 0 Å². The molecule has 0 aliphatic heterocycles. The van der Waals surface area contributed by atoms with Crippen molar-refractivity contribution < 1.29 is 19.8 Å². The Morgan fingerprint density at radius 2 is 1.81 bits per heavy atom. The first-order valence-electron chi connectivity index (χ1n) is 8.97. The summed E-state index contributed by atoms with van der Waals surface area (Å²) in [6.45, 7) is 1.90. The molecule has 6 nitrogen and oxygen atoms in total. The SMILES string of the molecule is CC(NC(CCc1ccccc1)C(=O)C[C@H](N)C(=O)O)c1cccc(O)c1. The smallest absolute Gasteiger partial charge is 0.320 e. The molecule has 0 bridgehead atoms. The average molecular weight is 370 g/mol. The number of carbonyl (C=O) groups excluding carboxylic acids is 1. The van der Waals surface area contributed by atoms with Crippen molar-refractivity contribution in [2.24, 2.45) is 5.73 Å². The molecule has 0 aromatic heterocycles. The van der Waals surface area contributed by atoms with E-state index in [0.717, 1.165) is 11.1 Å². The number of phenolic OH excluding ortho intramolecular Hbond substituents is 1. The molecule has 3 atom stereocenters. The molecule has 2 unspecified atom stereocenters. The number of aryl methyl sites for hydroxylation is 1. The number of hydrogen-bond donors (Lipinski definition) is 4. The minimum atomic E-state index is -1.21. The van der Waals surface area contributed by atoms with Crippen molar-refractivity contribution in [2.75, 3.05) is 0 Å². The van der Waals surface area contributed by atoms with Gasteiger partial charge >= 0.3 is 5.97 Å². The number of ketones is 1. The Balaban J connectivity index is 2.09. The zero-order valence-corrected chi connectivity index (χ0v) is 15.3. The Morgan fingerprint density at radius 1 is 1.11 bits per heavy atom. The standard InChI is InChI=1S/C21H26N2O4/c1-14(16-8-5-9-17(24)12-16)23-19(20(25)13-18(22)21(26)27)11-10-15-6-3-2-4-7-15/h2-9,12,14,18-19,23-24H,10-11,13,22H2,1H3,(H,26,27)/t14?,18-,19?/m0/s1. The molecule has 144 valence electrons. The van der Waals surface area contributed by atoms with E-state index < -0.39 is 18.1 Å². The maximum Gasteiger partial charge on any atom is 0.320 e. The second kappa shape index (κ2) is 9.85. The van der Waals surface area contributed by atoms with Crippen LogP contribution >= 0.6 is 0 Å². The Morgan fingerprint density at radius 3 is 2.44 bits per heavy atom. The number of benzene rings is 2. The normalized spacial score (nSPS) is 14.3. The fraction of sp³-hybridized carbons (Fsp3) is 0.333. The molecule has 0 aliphatic carbocycles. The predicted octanol–water partition coefficient (Wildman–Crippen LogP) is 2.42. The summed E-state index contributed by atoms with van der Waals surface area (Å²) in [7, 11) is 0. The molecule has 0 spiro atoms. The highest BCUT2D eigenvalue weighted by atomic mass is 16.4. The van der Waals surface area contributed by atoms with Crippen LogP contribution in [0.3, 0.4) is 0 Å². The maximum atomic E-state index is 12.7. The number of carboxylic acid groups (broad SMARTS) is 1. The van der Waals surface area contributed by atoms with Gasteiger partial charge in [0.25, 0.3) is 0 Å². The van der Waals surface area contributed by atoms with Gasteiger partial charge in [0.1, 0.15) is 11.8 Å². The van der Waals surface area contributed by atoms with E-state index in [1.54, 1.807) is 18.2 Å². The molecule has 0 heterocycles. The Hall–Kier alpha value is -2.70. The molecule has 0 saturated heterocycles. The number of aliphatic carboxylic acids is 1. The van der Waals surface area contributed by atoms with Crippen LogP contribution in [0.15, 0.2) is 54.6 Å². The van der Waals surface area contributed by atoms with Gasteiger partial charge in [-0.1, -0.05) is 42.5 Å². The Bertz CT molecular complexity index is 764. The van der Waals surface area contributed by atoms with Crippen LogP contribution in [0.2, 0.25) is 0 Å². The summed E-state index contributed by atoms with van der Waals surface area (Å²) >= 11 is 0. The van der Waals surface area contributed by atoms with E-state index in [-0.39, 0.29) is 24.0 Å². The van der Waals surface area contributed by atoms with Crippen molar-refractivity contribution in [3.8, 4) is 5.75 Å². The molecule has 2 aromatic carbocycles. The van der Waals surface area contributed by atoms with Crippen molar-refractivity contribution in [2.45, 2.75) is 44.3 Å². The second-order valence-electron chi connectivity index (χ2n) is 6.68. The number of rotatable bonds is 10. The molecule has 6 heteroatoms. The van der Waals surface area contributed by atoms with Crippen LogP contribution < -0.4 is 11.1 Å². The monoisotopic (exact) mass is 370 g/mol. The molecular formula is C21H26N2O4. The van der Waals surface area contributed by atoms with Crippen molar-refractivity contribution >= 4 is 11.8 Å². The number of carbonyl (C=O) groups is 2. The lowest BCUT2D eigenvalue weighted by Gasteiger charge is -2.24. The second-order valence-corrected chi connectivity index (χ2v) is 6.68. The van der Waals surface area contributed by atoms with E-state index in [1.165, 1.54) is 0 Å². The van der Waals surface area contributed by atoms with Gasteiger partial charge in [-0.3, -0.25) is 9.59 Å². The first kappa shape index (κ1) is 20.6. The zero-order valence-electron chi connectivity index (χ0n) is 15.3. The minimum absolute atomic E-state index is 0.154. The van der Waals surface area contributed by atoms with Crippen LogP contribution in [0.25, 0.3) is 0 Å². The highest BCUT2D eigenvalue weighted by Gasteiger charge is 2.25. The highest BCUT2D eigenvalue weighted by molar-refractivity contribution is 5.89. The fourth-order valence-electron chi connectivity index (χ4n) is 2.93. The molecule has 0 radical (unpaired) electrons. The van der Waals surface area contributed by atoms with Gasteiger partial charge < -0.3 is 21.3 Å². The van der Waals surface area contributed by atoms with Crippen molar-refractivity contribution in [3.05, 3.63) is 65.7 Å².